The zero-order valence-electron chi connectivity index (χ0n) is 10.6. The molecule has 0 atom stereocenters. The molecule has 0 bridgehead atoms. The van der Waals surface area contributed by atoms with Gasteiger partial charge in [0.25, 0.3) is 0 Å². The molecule has 1 aromatic rings. The third-order valence-corrected chi connectivity index (χ3v) is 3.79. The van der Waals surface area contributed by atoms with E-state index in [9.17, 15) is 8.42 Å². The number of nitrogens with one attached hydrogen (secondary N) is 2. The Kier molecular flexibility index (Phi) is 5.57. The second kappa shape index (κ2) is 6.72. The smallest absolute Gasteiger partial charge is 0.245 e. The predicted octanol–water partition coefficient (Wildman–Crippen LogP) is 0.333. The number of nitrogen functional groups attached to an aromatic ring is 1. The van der Waals surface area contributed by atoms with Gasteiger partial charge in [0.2, 0.25) is 10.0 Å². The molecule has 8 heteroatoms. The van der Waals surface area contributed by atoms with Crippen molar-refractivity contribution in [3.8, 4) is 0 Å². The monoisotopic (exact) mass is 276 g/mol. The number of hydrogen-bond acceptors (Lipinski definition) is 5. The summed E-state index contributed by atoms with van der Waals surface area (Å²) in [6.07, 6.45) is 2.14. The van der Waals surface area contributed by atoms with Crippen molar-refractivity contribution in [1.82, 2.24) is 14.9 Å². The molecular weight excluding hydrogens is 256 g/mol. The van der Waals surface area contributed by atoms with Gasteiger partial charge in [-0.2, -0.15) is 5.10 Å². The minimum Gasteiger partial charge on any atom is -0.383 e. The Labute approximate surface area is 107 Å². The Balaban J connectivity index is 2.29. The maximum absolute atomic E-state index is 11.7. The summed E-state index contributed by atoms with van der Waals surface area (Å²) in [7, 11) is -3.60. The molecule has 7 nitrogen and oxygen atoms in total. The molecule has 0 aliphatic heterocycles. The zero-order valence-corrected chi connectivity index (χ0v) is 11.5. The summed E-state index contributed by atoms with van der Waals surface area (Å²) in [5, 5.41) is 5.94. The lowest BCUT2D eigenvalue weighted by molar-refractivity contribution is 0.128. The van der Waals surface area contributed by atoms with Crippen LogP contribution in [0.5, 0.6) is 0 Å². The third-order valence-electron chi connectivity index (χ3n) is 2.30. The van der Waals surface area contributed by atoms with Gasteiger partial charge in [-0.05, 0) is 12.3 Å². The standard InChI is InChI=1S/C10H20N4O3S/c1-8(2)3-5-17-6-4-13-18(15,16)9-7-12-14-10(9)11/h7-8,13H,3-6H2,1-2H3,(H3,11,12,14). The quantitative estimate of drug-likeness (QED) is 0.593. The van der Waals surface area contributed by atoms with Crippen LogP contribution in [0.25, 0.3) is 0 Å². The van der Waals surface area contributed by atoms with Crippen molar-refractivity contribution < 1.29 is 13.2 Å². The topological polar surface area (TPSA) is 110 Å². The van der Waals surface area contributed by atoms with E-state index in [0.717, 1.165) is 6.42 Å². The van der Waals surface area contributed by atoms with Crippen molar-refractivity contribution >= 4 is 15.8 Å². The Morgan fingerprint density at radius 2 is 2.22 bits per heavy atom. The maximum atomic E-state index is 11.7. The number of ether oxygens (including phenoxy) is 1. The van der Waals surface area contributed by atoms with Gasteiger partial charge in [-0.15, -0.1) is 0 Å². The van der Waals surface area contributed by atoms with Crippen LogP contribution in [0.3, 0.4) is 0 Å². The molecule has 0 saturated heterocycles. The minimum absolute atomic E-state index is 0.0308. The summed E-state index contributed by atoms with van der Waals surface area (Å²) in [6, 6.07) is 0. The Bertz CT molecular complexity index is 455. The molecule has 0 aromatic carbocycles. The number of H-pyrrole nitrogens is 1. The minimum atomic E-state index is -3.60. The number of aromatic amines is 1. The molecule has 104 valence electrons. The van der Waals surface area contributed by atoms with E-state index in [4.69, 9.17) is 10.5 Å². The van der Waals surface area contributed by atoms with Crippen LogP contribution < -0.4 is 10.5 Å². The fraction of sp³-hybridized carbons (Fsp3) is 0.700. The van der Waals surface area contributed by atoms with Gasteiger partial charge in [-0.3, -0.25) is 5.10 Å². The number of nitrogens with two attached hydrogens (primary N) is 1. The van der Waals surface area contributed by atoms with Crippen LogP contribution in [-0.2, 0) is 14.8 Å². The molecule has 0 radical (unpaired) electrons. The number of hydrogen-bond donors (Lipinski definition) is 3. The van der Waals surface area contributed by atoms with Gasteiger partial charge in [0.1, 0.15) is 10.7 Å². The summed E-state index contributed by atoms with van der Waals surface area (Å²) in [4.78, 5) is -0.0373. The van der Waals surface area contributed by atoms with Gasteiger partial charge < -0.3 is 10.5 Å². The molecule has 18 heavy (non-hydrogen) atoms. The van der Waals surface area contributed by atoms with Crippen molar-refractivity contribution in [3.05, 3.63) is 6.20 Å². The second-order valence-corrected chi connectivity index (χ2v) is 6.08. The molecule has 0 spiro atoms. The summed E-state index contributed by atoms with van der Waals surface area (Å²) >= 11 is 0. The highest BCUT2D eigenvalue weighted by Crippen LogP contribution is 2.12. The molecule has 0 unspecified atom stereocenters. The van der Waals surface area contributed by atoms with Crippen molar-refractivity contribution in [2.24, 2.45) is 5.92 Å². The van der Waals surface area contributed by atoms with Crippen molar-refractivity contribution in [3.63, 3.8) is 0 Å². The lowest BCUT2D eigenvalue weighted by Crippen LogP contribution is -2.28. The van der Waals surface area contributed by atoms with E-state index < -0.39 is 10.0 Å². The molecule has 4 N–H and O–H groups in total. The van der Waals surface area contributed by atoms with Crippen LogP contribution in [-0.4, -0.2) is 38.4 Å². The zero-order chi connectivity index (χ0) is 13.6. The average molecular weight is 276 g/mol. The summed E-state index contributed by atoms with van der Waals surface area (Å²) in [6.45, 7) is 5.39. The van der Waals surface area contributed by atoms with Crippen LogP contribution in [0.15, 0.2) is 11.1 Å². The lowest BCUT2D eigenvalue weighted by atomic mass is 10.1. The largest absolute Gasteiger partial charge is 0.383 e. The van der Waals surface area contributed by atoms with Gasteiger partial charge in [-0.1, -0.05) is 13.8 Å². The predicted molar refractivity (Wildman–Crippen MR) is 68.5 cm³/mol. The van der Waals surface area contributed by atoms with E-state index in [2.05, 4.69) is 28.8 Å². The van der Waals surface area contributed by atoms with Crippen LogP contribution in [0.1, 0.15) is 20.3 Å². The maximum Gasteiger partial charge on any atom is 0.245 e. The van der Waals surface area contributed by atoms with Gasteiger partial charge in [0.05, 0.1) is 12.8 Å². The molecular formula is C10H20N4O3S. The molecule has 0 fully saturated rings. The molecule has 1 rings (SSSR count). The van der Waals surface area contributed by atoms with Crippen LogP contribution in [0, 0.1) is 5.92 Å². The van der Waals surface area contributed by atoms with E-state index in [1.807, 2.05) is 0 Å². The fourth-order valence-electron chi connectivity index (χ4n) is 1.25. The van der Waals surface area contributed by atoms with E-state index in [1.165, 1.54) is 6.20 Å². The number of rotatable bonds is 8. The first-order valence-corrected chi connectivity index (χ1v) is 7.28. The van der Waals surface area contributed by atoms with Crippen LogP contribution >= 0.6 is 0 Å². The molecule has 1 heterocycles. The van der Waals surface area contributed by atoms with E-state index in [-0.39, 0.29) is 17.3 Å². The highest BCUT2D eigenvalue weighted by molar-refractivity contribution is 7.89. The van der Waals surface area contributed by atoms with E-state index in [0.29, 0.717) is 19.1 Å². The van der Waals surface area contributed by atoms with Gasteiger partial charge in [0, 0.05) is 13.2 Å². The molecule has 0 aliphatic rings. The Morgan fingerprint density at radius 1 is 1.50 bits per heavy atom. The Hall–Kier alpha value is -1.12. The molecule has 1 aromatic heterocycles. The fourth-order valence-corrected chi connectivity index (χ4v) is 2.28. The average Bonchev–Trinajstić information content (AvgIpc) is 2.70. The first-order valence-electron chi connectivity index (χ1n) is 5.79. The lowest BCUT2D eigenvalue weighted by Gasteiger charge is -2.07. The number of sulfonamides is 1. The highest BCUT2D eigenvalue weighted by atomic mass is 32.2. The van der Waals surface area contributed by atoms with Crippen molar-refractivity contribution in [2.75, 3.05) is 25.5 Å². The summed E-state index contributed by atoms with van der Waals surface area (Å²) in [5.41, 5.74) is 5.44. The first-order chi connectivity index (χ1) is 8.43. The normalized spacial score (nSPS) is 12.2. The second-order valence-electron chi connectivity index (χ2n) is 4.34. The van der Waals surface area contributed by atoms with E-state index >= 15 is 0 Å². The van der Waals surface area contributed by atoms with E-state index in [1.54, 1.807) is 0 Å². The number of aromatic nitrogens is 2. The third kappa shape index (κ3) is 4.63. The van der Waals surface area contributed by atoms with Gasteiger partial charge in [-0.25, -0.2) is 13.1 Å². The molecule has 0 amide bonds. The Morgan fingerprint density at radius 3 is 2.78 bits per heavy atom. The molecule has 0 aliphatic carbocycles. The van der Waals surface area contributed by atoms with Gasteiger partial charge >= 0.3 is 0 Å². The van der Waals surface area contributed by atoms with Crippen molar-refractivity contribution in [1.29, 1.82) is 0 Å². The number of anilines is 1. The summed E-state index contributed by atoms with van der Waals surface area (Å²) in [5.74, 6) is 0.607. The van der Waals surface area contributed by atoms with Gasteiger partial charge in [0.15, 0.2) is 0 Å². The number of nitrogens with zero attached hydrogens (tertiary/aromatic N) is 1. The highest BCUT2D eigenvalue weighted by Gasteiger charge is 2.18. The van der Waals surface area contributed by atoms with Crippen LogP contribution in [0.4, 0.5) is 5.82 Å². The summed E-state index contributed by atoms with van der Waals surface area (Å²) < 4.78 is 31.2. The van der Waals surface area contributed by atoms with Crippen molar-refractivity contribution in [2.45, 2.75) is 25.2 Å². The molecule has 0 saturated carbocycles. The first kappa shape index (κ1) is 14.9. The van der Waals surface area contributed by atoms with Crippen LogP contribution in [0.2, 0.25) is 0 Å². The SMILES string of the molecule is CC(C)CCOCCNS(=O)(=O)c1cn[nH]c1N.